The Bertz CT molecular complexity index is 264. The first kappa shape index (κ1) is 8.98. The predicted octanol–water partition coefficient (Wildman–Crippen LogP) is 3.10. The van der Waals surface area contributed by atoms with Crippen molar-refractivity contribution in [1.29, 1.82) is 0 Å². The van der Waals surface area contributed by atoms with E-state index < -0.39 is 0 Å². The van der Waals surface area contributed by atoms with Gasteiger partial charge in [-0.15, -0.1) is 0 Å². The smallest absolute Gasteiger partial charge is 0.133 e. The second kappa shape index (κ2) is 2.97. The molecule has 13 heavy (non-hydrogen) atoms. The molecule has 1 nitrogen and oxygen atoms in total. The molecule has 0 aromatic rings. The monoisotopic (exact) mass is 178 g/mol. The van der Waals surface area contributed by atoms with E-state index in [-0.39, 0.29) is 0 Å². The first-order valence-electron chi connectivity index (χ1n) is 5.27. The predicted molar refractivity (Wildman–Crippen MR) is 53.4 cm³/mol. The molecule has 72 valence electrons. The Morgan fingerprint density at radius 3 is 3.00 bits per heavy atom. The lowest BCUT2D eigenvalue weighted by Crippen LogP contribution is -2.36. The SMILES string of the molecule is CC1=CCC2(C)CCC(=O)CC2C1. The van der Waals surface area contributed by atoms with E-state index >= 15 is 0 Å². The standard InChI is InChI=1S/C12H18O/c1-9-3-5-12(2)6-4-11(13)8-10(12)7-9/h3,10H,4-8H2,1-2H3. The number of hydrogen-bond acceptors (Lipinski definition) is 1. The third-order valence-corrected chi connectivity index (χ3v) is 3.92. The lowest BCUT2D eigenvalue weighted by atomic mass is 9.61. The molecule has 0 bridgehead atoms. The van der Waals surface area contributed by atoms with Gasteiger partial charge >= 0.3 is 0 Å². The summed E-state index contributed by atoms with van der Waals surface area (Å²) in [6, 6.07) is 0. The number of fused-ring (bicyclic) bond motifs is 1. The molecule has 2 aliphatic carbocycles. The molecule has 0 heterocycles. The fraction of sp³-hybridized carbons (Fsp3) is 0.750. The molecule has 0 aromatic carbocycles. The highest BCUT2D eigenvalue weighted by molar-refractivity contribution is 5.79. The third kappa shape index (κ3) is 1.56. The van der Waals surface area contributed by atoms with Gasteiger partial charge in [0, 0.05) is 12.8 Å². The van der Waals surface area contributed by atoms with Gasteiger partial charge < -0.3 is 0 Å². The Morgan fingerprint density at radius 2 is 2.23 bits per heavy atom. The first-order valence-corrected chi connectivity index (χ1v) is 5.27. The molecule has 0 spiro atoms. The van der Waals surface area contributed by atoms with E-state index in [2.05, 4.69) is 19.9 Å². The van der Waals surface area contributed by atoms with Gasteiger partial charge in [0.15, 0.2) is 0 Å². The number of hydrogen-bond donors (Lipinski definition) is 0. The zero-order valence-corrected chi connectivity index (χ0v) is 8.60. The molecule has 1 fully saturated rings. The van der Waals surface area contributed by atoms with Crippen LogP contribution in [-0.2, 0) is 4.79 Å². The van der Waals surface area contributed by atoms with E-state index in [1.165, 1.54) is 12.0 Å². The van der Waals surface area contributed by atoms with Crippen LogP contribution in [0, 0.1) is 11.3 Å². The summed E-state index contributed by atoms with van der Waals surface area (Å²) in [7, 11) is 0. The van der Waals surface area contributed by atoms with Crippen LogP contribution < -0.4 is 0 Å². The number of allylic oxidation sites excluding steroid dienone is 2. The molecule has 0 amide bonds. The Morgan fingerprint density at radius 1 is 1.46 bits per heavy atom. The Labute approximate surface area is 80.2 Å². The highest BCUT2D eigenvalue weighted by Gasteiger charge is 2.40. The number of Topliss-reactive ketones (excluding diaryl/α,β-unsaturated/α-hetero) is 1. The highest BCUT2D eigenvalue weighted by atomic mass is 16.1. The summed E-state index contributed by atoms with van der Waals surface area (Å²) < 4.78 is 0. The van der Waals surface area contributed by atoms with E-state index in [0.717, 1.165) is 25.7 Å². The first-order chi connectivity index (χ1) is 6.10. The van der Waals surface area contributed by atoms with Gasteiger partial charge in [-0.1, -0.05) is 18.6 Å². The summed E-state index contributed by atoms with van der Waals surface area (Å²) in [5.41, 5.74) is 1.92. The van der Waals surface area contributed by atoms with Gasteiger partial charge in [-0.05, 0) is 37.5 Å². The van der Waals surface area contributed by atoms with E-state index in [0.29, 0.717) is 17.1 Å². The van der Waals surface area contributed by atoms with Gasteiger partial charge in [-0.3, -0.25) is 4.79 Å². The van der Waals surface area contributed by atoms with Gasteiger partial charge in [0.1, 0.15) is 5.78 Å². The second-order valence-corrected chi connectivity index (χ2v) is 5.05. The molecule has 0 aromatic heterocycles. The Balaban J connectivity index is 2.20. The summed E-state index contributed by atoms with van der Waals surface area (Å²) in [4.78, 5) is 11.3. The summed E-state index contributed by atoms with van der Waals surface area (Å²) >= 11 is 0. The second-order valence-electron chi connectivity index (χ2n) is 5.05. The van der Waals surface area contributed by atoms with Crippen LogP contribution in [0.2, 0.25) is 0 Å². The van der Waals surface area contributed by atoms with Crippen molar-refractivity contribution in [2.75, 3.05) is 0 Å². The number of carbonyl (C=O) groups excluding carboxylic acids is 1. The minimum Gasteiger partial charge on any atom is -0.300 e. The largest absolute Gasteiger partial charge is 0.300 e. The molecular weight excluding hydrogens is 160 g/mol. The summed E-state index contributed by atoms with van der Waals surface area (Å²) in [5, 5.41) is 0. The van der Waals surface area contributed by atoms with Gasteiger partial charge in [0.25, 0.3) is 0 Å². The van der Waals surface area contributed by atoms with E-state index in [9.17, 15) is 4.79 Å². The Kier molecular flexibility index (Phi) is 2.05. The van der Waals surface area contributed by atoms with Crippen LogP contribution in [-0.4, -0.2) is 5.78 Å². The minimum absolute atomic E-state index is 0.438. The third-order valence-electron chi connectivity index (χ3n) is 3.92. The van der Waals surface area contributed by atoms with Gasteiger partial charge in [0.2, 0.25) is 0 Å². The molecule has 2 aliphatic rings. The van der Waals surface area contributed by atoms with Crippen molar-refractivity contribution in [3.63, 3.8) is 0 Å². The summed E-state index contributed by atoms with van der Waals surface area (Å²) in [6.45, 7) is 4.55. The fourth-order valence-corrected chi connectivity index (χ4v) is 2.72. The van der Waals surface area contributed by atoms with Crippen LogP contribution in [0.5, 0.6) is 0 Å². The summed E-state index contributed by atoms with van der Waals surface area (Å²) in [6.07, 6.45) is 7.48. The van der Waals surface area contributed by atoms with E-state index in [4.69, 9.17) is 0 Å². The van der Waals surface area contributed by atoms with E-state index in [1.807, 2.05) is 0 Å². The maximum Gasteiger partial charge on any atom is 0.133 e. The minimum atomic E-state index is 0.438. The molecule has 2 rings (SSSR count). The van der Waals surface area contributed by atoms with Crippen molar-refractivity contribution in [3.8, 4) is 0 Å². The zero-order chi connectivity index (χ0) is 9.47. The molecule has 0 saturated heterocycles. The fourth-order valence-electron chi connectivity index (χ4n) is 2.72. The molecule has 0 radical (unpaired) electrons. The molecule has 0 aliphatic heterocycles. The molecular formula is C12H18O. The molecule has 2 unspecified atom stereocenters. The van der Waals surface area contributed by atoms with Crippen molar-refractivity contribution >= 4 is 5.78 Å². The van der Waals surface area contributed by atoms with Crippen LogP contribution in [0.3, 0.4) is 0 Å². The summed E-state index contributed by atoms with van der Waals surface area (Å²) in [5.74, 6) is 1.12. The number of rotatable bonds is 0. The average Bonchev–Trinajstić information content (AvgIpc) is 2.08. The topological polar surface area (TPSA) is 17.1 Å². The van der Waals surface area contributed by atoms with Gasteiger partial charge in [-0.25, -0.2) is 0 Å². The normalized spacial score (nSPS) is 39.7. The lowest BCUT2D eigenvalue weighted by molar-refractivity contribution is -0.124. The number of carbonyl (C=O) groups is 1. The quantitative estimate of drug-likeness (QED) is 0.521. The van der Waals surface area contributed by atoms with Crippen molar-refractivity contribution in [2.24, 2.45) is 11.3 Å². The van der Waals surface area contributed by atoms with Crippen molar-refractivity contribution < 1.29 is 4.79 Å². The zero-order valence-electron chi connectivity index (χ0n) is 8.60. The molecule has 2 atom stereocenters. The van der Waals surface area contributed by atoms with Crippen LogP contribution in [0.1, 0.15) is 46.0 Å². The van der Waals surface area contributed by atoms with Gasteiger partial charge in [0.05, 0.1) is 0 Å². The average molecular weight is 178 g/mol. The van der Waals surface area contributed by atoms with Crippen molar-refractivity contribution in [3.05, 3.63) is 11.6 Å². The van der Waals surface area contributed by atoms with Crippen LogP contribution in [0.15, 0.2) is 11.6 Å². The maximum absolute atomic E-state index is 11.3. The Hall–Kier alpha value is -0.590. The molecule has 1 saturated carbocycles. The van der Waals surface area contributed by atoms with Crippen LogP contribution in [0.25, 0.3) is 0 Å². The maximum atomic E-state index is 11.3. The van der Waals surface area contributed by atoms with Crippen molar-refractivity contribution in [2.45, 2.75) is 46.0 Å². The molecule has 0 N–H and O–H groups in total. The molecule has 1 heteroatoms. The lowest BCUT2D eigenvalue weighted by Gasteiger charge is -2.43. The van der Waals surface area contributed by atoms with Gasteiger partial charge in [-0.2, -0.15) is 0 Å². The van der Waals surface area contributed by atoms with Crippen LogP contribution in [0.4, 0.5) is 0 Å². The number of ketones is 1. The van der Waals surface area contributed by atoms with Crippen molar-refractivity contribution in [1.82, 2.24) is 0 Å². The highest BCUT2D eigenvalue weighted by Crippen LogP contribution is 2.48. The van der Waals surface area contributed by atoms with E-state index in [1.54, 1.807) is 0 Å². The van der Waals surface area contributed by atoms with Crippen LogP contribution >= 0.6 is 0 Å².